The molecule has 1 atom stereocenters. The SMILES string of the molecule is O=C(NN1C(=O)c2ccccc2N[C@H]1c1c2ccccc2cc2ccccc12)c1ccc2c(c1)OCO2. The average Bonchev–Trinajstić information content (AvgIpc) is 3.41. The summed E-state index contributed by atoms with van der Waals surface area (Å²) < 4.78 is 10.8. The van der Waals surface area contributed by atoms with Crippen LogP contribution in [-0.2, 0) is 0 Å². The molecule has 0 unspecified atom stereocenters. The van der Waals surface area contributed by atoms with Gasteiger partial charge in [-0.2, -0.15) is 0 Å². The van der Waals surface area contributed by atoms with Crippen molar-refractivity contribution in [1.29, 1.82) is 0 Å². The van der Waals surface area contributed by atoms with Crippen molar-refractivity contribution in [3.8, 4) is 11.5 Å². The molecule has 0 spiro atoms. The van der Waals surface area contributed by atoms with Gasteiger partial charge in [-0.05, 0) is 57.9 Å². The van der Waals surface area contributed by atoms with Crippen LogP contribution in [0.25, 0.3) is 21.5 Å². The first-order chi connectivity index (χ1) is 18.2. The Bertz CT molecular complexity index is 1680. The molecule has 2 aliphatic rings. The van der Waals surface area contributed by atoms with Gasteiger partial charge in [0.2, 0.25) is 6.79 Å². The number of nitrogens with zero attached hydrogens (tertiary/aromatic N) is 1. The van der Waals surface area contributed by atoms with Crippen LogP contribution in [0.15, 0.2) is 97.1 Å². The summed E-state index contributed by atoms with van der Waals surface area (Å²) in [6, 6.07) is 30.6. The predicted octanol–water partition coefficient (Wildman–Crippen LogP) is 5.63. The molecule has 0 radical (unpaired) electrons. The normalized spacial score (nSPS) is 15.9. The lowest BCUT2D eigenvalue weighted by Gasteiger charge is -2.38. The lowest BCUT2D eigenvalue weighted by Crippen LogP contribution is -2.53. The second kappa shape index (κ2) is 8.27. The van der Waals surface area contributed by atoms with Gasteiger partial charge in [-0.15, -0.1) is 0 Å². The van der Waals surface area contributed by atoms with Gasteiger partial charge in [0, 0.05) is 16.8 Å². The van der Waals surface area contributed by atoms with Gasteiger partial charge >= 0.3 is 0 Å². The second-order valence-electron chi connectivity index (χ2n) is 9.01. The smallest absolute Gasteiger partial charge is 0.276 e. The molecule has 7 heteroatoms. The Morgan fingerprint density at radius 1 is 0.811 bits per heavy atom. The molecule has 7 rings (SSSR count). The third-order valence-electron chi connectivity index (χ3n) is 6.87. The van der Waals surface area contributed by atoms with Gasteiger partial charge in [-0.1, -0.05) is 60.7 Å². The number of para-hydroxylation sites is 1. The van der Waals surface area contributed by atoms with E-state index in [9.17, 15) is 9.59 Å². The fourth-order valence-corrected chi connectivity index (χ4v) is 5.13. The number of rotatable bonds is 3. The Kier molecular flexibility index (Phi) is 4.75. The summed E-state index contributed by atoms with van der Waals surface area (Å²) in [6.07, 6.45) is -0.656. The van der Waals surface area contributed by atoms with Gasteiger partial charge in [-0.25, -0.2) is 5.01 Å². The number of ether oxygens (including phenoxy) is 2. The molecule has 7 nitrogen and oxygen atoms in total. The summed E-state index contributed by atoms with van der Waals surface area (Å²) in [6.45, 7) is 0.113. The highest BCUT2D eigenvalue weighted by Crippen LogP contribution is 2.39. The molecule has 0 aliphatic carbocycles. The van der Waals surface area contributed by atoms with Crippen molar-refractivity contribution in [3.05, 3.63) is 114 Å². The number of nitrogens with one attached hydrogen (secondary N) is 2. The van der Waals surface area contributed by atoms with Crippen LogP contribution in [0, 0.1) is 0 Å². The number of fused-ring (bicyclic) bond motifs is 4. The summed E-state index contributed by atoms with van der Waals surface area (Å²) in [5, 5.41) is 9.00. The second-order valence-corrected chi connectivity index (χ2v) is 9.01. The Labute approximate surface area is 212 Å². The van der Waals surface area contributed by atoms with Crippen LogP contribution >= 0.6 is 0 Å². The number of benzene rings is 5. The number of hydrogen-bond donors (Lipinski definition) is 2. The molecular weight excluding hydrogens is 466 g/mol. The van der Waals surface area contributed by atoms with Crippen molar-refractivity contribution < 1.29 is 19.1 Å². The van der Waals surface area contributed by atoms with E-state index < -0.39 is 12.1 Å². The van der Waals surface area contributed by atoms with Crippen molar-refractivity contribution >= 4 is 39.0 Å². The molecule has 180 valence electrons. The number of carbonyl (C=O) groups is 2. The van der Waals surface area contributed by atoms with E-state index in [0.29, 0.717) is 28.3 Å². The summed E-state index contributed by atoms with van der Waals surface area (Å²) in [7, 11) is 0. The monoisotopic (exact) mass is 487 g/mol. The molecule has 0 saturated heterocycles. The fraction of sp³-hybridized carbons (Fsp3) is 0.0667. The Morgan fingerprint density at radius 2 is 1.49 bits per heavy atom. The van der Waals surface area contributed by atoms with Crippen molar-refractivity contribution in [1.82, 2.24) is 10.4 Å². The van der Waals surface area contributed by atoms with E-state index in [1.807, 2.05) is 54.6 Å². The van der Waals surface area contributed by atoms with Crippen molar-refractivity contribution in [2.45, 2.75) is 6.17 Å². The number of anilines is 1. The van der Waals surface area contributed by atoms with Crippen molar-refractivity contribution in [3.63, 3.8) is 0 Å². The Balaban J connectivity index is 1.39. The van der Waals surface area contributed by atoms with E-state index in [-0.39, 0.29) is 12.7 Å². The third kappa shape index (κ3) is 3.43. The van der Waals surface area contributed by atoms with Crippen LogP contribution in [0.2, 0.25) is 0 Å². The first kappa shape index (κ1) is 21.3. The van der Waals surface area contributed by atoms with Gasteiger partial charge in [-0.3, -0.25) is 15.0 Å². The summed E-state index contributed by atoms with van der Waals surface area (Å²) in [5.74, 6) is 0.354. The minimum Gasteiger partial charge on any atom is -0.454 e. The maximum atomic E-state index is 13.9. The Hall–Kier alpha value is -5.04. The minimum absolute atomic E-state index is 0.113. The summed E-state index contributed by atoms with van der Waals surface area (Å²) in [4.78, 5) is 27.3. The molecule has 2 aliphatic heterocycles. The number of hydrogen-bond acceptors (Lipinski definition) is 5. The third-order valence-corrected chi connectivity index (χ3v) is 6.87. The van der Waals surface area contributed by atoms with Gasteiger partial charge in [0.15, 0.2) is 11.5 Å². The topological polar surface area (TPSA) is 79.9 Å². The van der Waals surface area contributed by atoms with E-state index in [1.54, 1.807) is 24.3 Å². The van der Waals surface area contributed by atoms with Crippen LogP contribution in [0.1, 0.15) is 32.4 Å². The fourth-order valence-electron chi connectivity index (χ4n) is 5.13. The zero-order valence-electron chi connectivity index (χ0n) is 19.6. The van der Waals surface area contributed by atoms with E-state index >= 15 is 0 Å². The molecule has 0 fully saturated rings. The summed E-state index contributed by atoms with van der Waals surface area (Å²) in [5.41, 5.74) is 5.34. The lowest BCUT2D eigenvalue weighted by molar-refractivity contribution is 0.0493. The maximum absolute atomic E-state index is 13.9. The van der Waals surface area contributed by atoms with Crippen molar-refractivity contribution in [2.75, 3.05) is 12.1 Å². The number of carbonyl (C=O) groups excluding carboxylic acids is 2. The highest BCUT2D eigenvalue weighted by atomic mass is 16.7. The van der Waals surface area contributed by atoms with Crippen LogP contribution < -0.4 is 20.2 Å². The molecule has 5 aromatic carbocycles. The Morgan fingerprint density at radius 3 is 2.27 bits per heavy atom. The van der Waals surface area contributed by atoms with E-state index in [1.165, 1.54) is 5.01 Å². The molecule has 0 bridgehead atoms. The summed E-state index contributed by atoms with van der Waals surface area (Å²) >= 11 is 0. The van der Waals surface area contributed by atoms with E-state index in [4.69, 9.17) is 9.47 Å². The minimum atomic E-state index is -0.656. The largest absolute Gasteiger partial charge is 0.454 e. The standard InChI is InChI=1S/C30H21N3O4/c34-29(20-13-14-25-26(16-20)37-17-36-25)32-33-28(31-24-12-6-5-11-23(24)30(33)35)27-21-9-3-1-7-18(21)15-19-8-2-4-10-22(19)27/h1-16,28,31H,17H2,(H,32,34)/t28-/m1/s1. The first-order valence-corrected chi connectivity index (χ1v) is 12.0. The molecule has 2 heterocycles. The predicted molar refractivity (Wildman–Crippen MR) is 140 cm³/mol. The number of amides is 2. The van der Waals surface area contributed by atoms with Crippen LogP contribution in [-0.4, -0.2) is 23.6 Å². The van der Waals surface area contributed by atoms with Crippen LogP contribution in [0.5, 0.6) is 11.5 Å². The van der Waals surface area contributed by atoms with E-state index in [0.717, 1.165) is 27.1 Å². The molecule has 0 saturated carbocycles. The maximum Gasteiger partial charge on any atom is 0.276 e. The molecule has 37 heavy (non-hydrogen) atoms. The highest BCUT2D eigenvalue weighted by Gasteiger charge is 2.36. The number of hydrazine groups is 1. The molecule has 0 aromatic heterocycles. The quantitative estimate of drug-likeness (QED) is 0.322. The van der Waals surface area contributed by atoms with Crippen molar-refractivity contribution in [2.24, 2.45) is 0 Å². The molecule has 2 N–H and O–H groups in total. The molecule has 5 aromatic rings. The van der Waals surface area contributed by atoms with Gasteiger partial charge in [0.05, 0.1) is 5.56 Å². The van der Waals surface area contributed by atoms with Gasteiger partial charge in [0.1, 0.15) is 6.17 Å². The van der Waals surface area contributed by atoms with E-state index in [2.05, 4.69) is 28.9 Å². The van der Waals surface area contributed by atoms with Crippen LogP contribution in [0.4, 0.5) is 5.69 Å². The van der Waals surface area contributed by atoms with Gasteiger partial charge in [0.25, 0.3) is 11.8 Å². The molecular formula is C30H21N3O4. The molecule has 2 amide bonds. The van der Waals surface area contributed by atoms with Gasteiger partial charge < -0.3 is 14.8 Å². The lowest BCUT2D eigenvalue weighted by atomic mass is 9.93. The zero-order chi connectivity index (χ0) is 24.9. The first-order valence-electron chi connectivity index (χ1n) is 12.0. The highest BCUT2D eigenvalue weighted by molar-refractivity contribution is 6.07. The average molecular weight is 488 g/mol. The van der Waals surface area contributed by atoms with Crippen LogP contribution in [0.3, 0.4) is 0 Å². The zero-order valence-corrected chi connectivity index (χ0v) is 19.6.